The fraction of sp³-hybridized carbons (Fsp3) is 0.278. The van der Waals surface area contributed by atoms with Crippen LogP contribution >= 0.6 is 0 Å². The Balaban J connectivity index is 2.24. The number of hydrogen-bond donors (Lipinski definition) is 0. The zero-order chi connectivity index (χ0) is 18.8. The van der Waals surface area contributed by atoms with E-state index in [4.69, 9.17) is 10.00 Å². The highest BCUT2D eigenvalue weighted by Gasteiger charge is 2.40. The normalized spacial score (nSPS) is 18.4. The van der Waals surface area contributed by atoms with Gasteiger partial charge in [0.1, 0.15) is 5.92 Å². The number of carbonyl (C=O) groups is 1. The lowest BCUT2D eigenvalue weighted by molar-refractivity contribution is -0.144. The number of esters is 1. The van der Waals surface area contributed by atoms with Crippen LogP contribution in [-0.2, 0) is 16.1 Å². The quantitative estimate of drug-likeness (QED) is 0.615. The van der Waals surface area contributed by atoms with Crippen LogP contribution in [0.25, 0.3) is 0 Å². The van der Waals surface area contributed by atoms with Gasteiger partial charge in [0.25, 0.3) is 5.95 Å². The van der Waals surface area contributed by atoms with E-state index < -0.39 is 17.9 Å². The van der Waals surface area contributed by atoms with E-state index in [-0.39, 0.29) is 18.2 Å². The first-order chi connectivity index (χ1) is 12.5. The molecule has 0 N–H and O–H groups in total. The molecule has 2 heterocycles. The van der Waals surface area contributed by atoms with Crippen LogP contribution in [0.5, 0.6) is 0 Å². The van der Waals surface area contributed by atoms with E-state index in [2.05, 4.69) is 22.7 Å². The van der Waals surface area contributed by atoms with Gasteiger partial charge in [0, 0.05) is 5.71 Å². The summed E-state index contributed by atoms with van der Waals surface area (Å²) in [5, 5.41) is 13.2. The average molecular weight is 351 g/mol. The third-order valence-corrected chi connectivity index (χ3v) is 4.31. The van der Waals surface area contributed by atoms with Gasteiger partial charge in [-0.15, -0.1) is 11.7 Å². The molecule has 0 aliphatic carbocycles. The lowest BCUT2D eigenvalue weighted by Gasteiger charge is -2.29. The monoisotopic (exact) mass is 351 g/mol. The summed E-state index contributed by atoms with van der Waals surface area (Å²) in [5.41, 5.74) is 1.29. The summed E-state index contributed by atoms with van der Waals surface area (Å²) in [7, 11) is 1.30. The van der Waals surface area contributed by atoms with E-state index in [1.165, 1.54) is 16.4 Å². The van der Waals surface area contributed by atoms with Crippen molar-refractivity contribution in [3.05, 3.63) is 58.5 Å². The minimum atomic E-state index is -0.764. The summed E-state index contributed by atoms with van der Waals surface area (Å²) in [6, 6.07) is 8.12. The van der Waals surface area contributed by atoms with Gasteiger partial charge in [0.05, 0.1) is 31.3 Å². The van der Waals surface area contributed by atoms with Crippen molar-refractivity contribution in [2.24, 2.45) is 10.9 Å². The van der Waals surface area contributed by atoms with Gasteiger partial charge in [-0.25, -0.2) is 14.5 Å². The molecule has 0 bridgehead atoms. The van der Waals surface area contributed by atoms with E-state index in [0.29, 0.717) is 16.8 Å². The van der Waals surface area contributed by atoms with Gasteiger partial charge in [-0.3, -0.25) is 9.36 Å². The van der Waals surface area contributed by atoms with E-state index in [1.54, 1.807) is 37.3 Å². The number of allylic oxidation sites excluding steroid dienone is 1. The Hall–Kier alpha value is -3.47. The van der Waals surface area contributed by atoms with Crippen molar-refractivity contribution in [3.8, 4) is 6.07 Å². The number of benzene rings is 1. The molecule has 0 saturated carbocycles. The number of aliphatic imine (C=N–C) groups is 1. The first-order valence-electron chi connectivity index (χ1n) is 7.95. The van der Waals surface area contributed by atoms with Crippen LogP contribution in [0.15, 0.2) is 46.7 Å². The molecule has 1 aromatic carbocycles. The minimum absolute atomic E-state index is 0.226. The molecule has 0 saturated heterocycles. The predicted molar refractivity (Wildman–Crippen MR) is 94.3 cm³/mol. The zero-order valence-electron chi connectivity index (χ0n) is 14.4. The van der Waals surface area contributed by atoms with Gasteiger partial charge < -0.3 is 4.74 Å². The van der Waals surface area contributed by atoms with Crippen LogP contribution in [-0.4, -0.2) is 33.1 Å². The van der Waals surface area contributed by atoms with Crippen LogP contribution in [0.2, 0.25) is 0 Å². The van der Waals surface area contributed by atoms with Gasteiger partial charge in [-0.2, -0.15) is 5.26 Å². The number of aromatic nitrogens is 3. The molecule has 0 radical (unpaired) electrons. The van der Waals surface area contributed by atoms with Crippen molar-refractivity contribution in [3.63, 3.8) is 0 Å². The van der Waals surface area contributed by atoms with E-state index >= 15 is 0 Å². The topological polar surface area (TPSA) is 102 Å². The average Bonchev–Trinajstić information content (AvgIpc) is 2.95. The van der Waals surface area contributed by atoms with Gasteiger partial charge in [-0.05, 0) is 24.6 Å². The molecular weight excluding hydrogens is 334 g/mol. The molecule has 8 nitrogen and oxygen atoms in total. The summed E-state index contributed by atoms with van der Waals surface area (Å²) in [4.78, 5) is 29.6. The summed E-state index contributed by atoms with van der Waals surface area (Å²) in [5.74, 6) is -1.03. The van der Waals surface area contributed by atoms with Crippen molar-refractivity contribution in [1.82, 2.24) is 14.3 Å². The Morgan fingerprint density at radius 3 is 2.69 bits per heavy atom. The van der Waals surface area contributed by atoms with Crippen molar-refractivity contribution in [1.29, 1.82) is 5.26 Å². The number of fused-ring (bicyclic) bond motifs is 1. The third kappa shape index (κ3) is 2.73. The highest BCUT2D eigenvalue weighted by Crippen LogP contribution is 2.35. The molecule has 132 valence electrons. The van der Waals surface area contributed by atoms with Crippen LogP contribution in [0, 0.1) is 17.2 Å². The second-order valence-electron chi connectivity index (χ2n) is 5.86. The summed E-state index contributed by atoms with van der Waals surface area (Å²) < 4.78 is 7.57. The van der Waals surface area contributed by atoms with Crippen LogP contribution in [0.3, 0.4) is 0 Å². The Labute approximate surface area is 149 Å². The molecule has 3 rings (SSSR count). The summed E-state index contributed by atoms with van der Waals surface area (Å²) in [6.45, 7) is 5.56. The van der Waals surface area contributed by atoms with Gasteiger partial charge in [0.15, 0.2) is 0 Å². The first kappa shape index (κ1) is 17.4. The molecule has 0 fully saturated rings. The van der Waals surface area contributed by atoms with Crippen molar-refractivity contribution < 1.29 is 9.53 Å². The maximum absolute atomic E-state index is 12.8. The van der Waals surface area contributed by atoms with Crippen LogP contribution in [0.4, 0.5) is 5.95 Å². The SMILES string of the molecule is C=CCn1nc2n(c1=O)C(c1ccc(C#N)cc1)C(C(=O)OC)C(C)=N2. The summed E-state index contributed by atoms with van der Waals surface area (Å²) >= 11 is 0. The number of methoxy groups -OCH3 is 1. The number of ether oxygens (including phenoxy) is 1. The Bertz CT molecular complexity index is 991. The van der Waals surface area contributed by atoms with Crippen molar-refractivity contribution in [2.75, 3.05) is 7.11 Å². The molecular formula is C18H17N5O3. The molecule has 1 aliphatic rings. The second kappa shape index (κ2) is 6.80. The molecule has 2 aromatic rings. The maximum Gasteiger partial charge on any atom is 0.348 e. The Morgan fingerprint density at radius 2 is 2.12 bits per heavy atom. The maximum atomic E-state index is 12.8. The number of nitrogens with zero attached hydrogens (tertiary/aromatic N) is 5. The standard InChI is InChI=1S/C18H17N5O3/c1-4-9-22-18(25)23-15(13-7-5-12(10-19)6-8-13)14(16(24)26-3)11(2)20-17(23)21-22/h4-8,14-15H,1,9H2,2-3H3. The molecule has 0 amide bonds. The van der Waals surface area contributed by atoms with Crippen LogP contribution in [0.1, 0.15) is 24.1 Å². The van der Waals surface area contributed by atoms with Crippen molar-refractivity contribution in [2.45, 2.75) is 19.5 Å². The largest absolute Gasteiger partial charge is 0.468 e. The number of rotatable bonds is 4. The third-order valence-electron chi connectivity index (χ3n) is 4.31. The highest BCUT2D eigenvalue weighted by molar-refractivity contribution is 6.03. The van der Waals surface area contributed by atoms with E-state index in [9.17, 15) is 9.59 Å². The fourth-order valence-corrected chi connectivity index (χ4v) is 3.10. The van der Waals surface area contributed by atoms with Gasteiger partial charge in [0.2, 0.25) is 0 Å². The summed E-state index contributed by atoms with van der Waals surface area (Å²) in [6.07, 6.45) is 1.56. The second-order valence-corrected chi connectivity index (χ2v) is 5.86. The molecule has 0 spiro atoms. The van der Waals surface area contributed by atoms with E-state index in [0.717, 1.165) is 0 Å². The number of carbonyl (C=O) groups excluding carboxylic acids is 1. The molecule has 8 heteroatoms. The molecule has 1 aromatic heterocycles. The molecule has 2 atom stereocenters. The first-order valence-corrected chi connectivity index (χ1v) is 7.95. The number of nitriles is 1. The Morgan fingerprint density at radius 1 is 1.42 bits per heavy atom. The number of hydrogen-bond acceptors (Lipinski definition) is 6. The Kier molecular flexibility index (Phi) is 4.54. The lowest BCUT2D eigenvalue weighted by Crippen LogP contribution is -2.40. The van der Waals surface area contributed by atoms with E-state index in [1.807, 2.05) is 0 Å². The highest BCUT2D eigenvalue weighted by atomic mass is 16.5. The predicted octanol–water partition coefficient (Wildman–Crippen LogP) is 1.59. The van der Waals surface area contributed by atoms with Gasteiger partial charge >= 0.3 is 11.7 Å². The van der Waals surface area contributed by atoms with Crippen molar-refractivity contribution >= 4 is 17.6 Å². The lowest BCUT2D eigenvalue weighted by atomic mass is 9.88. The van der Waals surface area contributed by atoms with Crippen LogP contribution < -0.4 is 5.69 Å². The van der Waals surface area contributed by atoms with Gasteiger partial charge in [-0.1, -0.05) is 18.2 Å². The minimum Gasteiger partial charge on any atom is -0.468 e. The molecule has 26 heavy (non-hydrogen) atoms. The zero-order valence-corrected chi connectivity index (χ0v) is 14.4. The molecule has 1 aliphatic heterocycles. The smallest absolute Gasteiger partial charge is 0.348 e. The fourth-order valence-electron chi connectivity index (χ4n) is 3.10. The molecule has 2 unspecified atom stereocenters.